The number of benzene rings is 1. The third kappa shape index (κ3) is 2.74. The lowest BCUT2D eigenvalue weighted by Gasteiger charge is -2.24. The van der Waals surface area contributed by atoms with E-state index in [4.69, 9.17) is 0 Å². The topological polar surface area (TPSA) is 29.9 Å². The summed E-state index contributed by atoms with van der Waals surface area (Å²) in [7, 11) is 2.04. The maximum Gasteiger partial charge on any atom is 0.0540 e. The summed E-state index contributed by atoms with van der Waals surface area (Å²) in [6.07, 6.45) is 5.62. The van der Waals surface area contributed by atoms with Crippen molar-refractivity contribution in [1.82, 2.24) is 15.1 Å². The van der Waals surface area contributed by atoms with Gasteiger partial charge in [0, 0.05) is 35.4 Å². The fourth-order valence-corrected chi connectivity index (χ4v) is 3.03. The van der Waals surface area contributed by atoms with Gasteiger partial charge in [0.2, 0.25) is 0 Å². The molecule has 0 radical (unpaired) electrons. The second-order valence-electron chi connectivity index (χ2n) is 5.12. The molecule has 1 heterocycles. The molecule has 1 aliphatic rings. The van der Waals surface area contributed by atoms with E-state index in [-0.39, 0.29) is 0 Å². The van der Waals surface area contributed by atoms with Crippen molar-refractivity contribution in [2.45, 2.75) is 31.8 Å². The van der Waals surface area contributed by atoms with Crippen molar-refractivity contribution in [2.24, 2.45) is 7.05 Å². The molecule has 0 saturated carbocycles. The number of nitrogens with zero attached hydrogens (tertiary/aromatic N) is 2. The van der Waals surface area contributed by atoms with E-state index in [0.29, 0.717) is 6.04 Å². The number of aromatic nitrogens is 2. The number of nitrogens with one attached hydrogen (secondary N) is 1. The van der Waals surface area contributed by atoms with Crippen LogP contribution in [0.2, 0.25) is 0 Å². The second kappa shape index (κ2) is 5.47. The molecule has 2 aromatic rings. The van der Waals surface area contributed by atoms with Gasteiger partial charge in [0.25, 0.3) is 0 Å². The number of rotatable bonds is 3. The van der Waals surface area contributed by atoms with Gasteiger partial charge in [-0.15, -0.1) is 0 Å². The Hall–Kier alpha value is -1.13. The minimum atomic E-state index is 0.445. The van der Waals surface area contributed by atoms with E-state index in [2.05, 4.69) is 50.6 Å². The monoisotopic (exact) mass is 319 g/mol. The Morgan fingerprint density at radius 3 is 2.95 bits per heavy atom. The summed E-state index contributed by atoms with van der Waals surface area (Å²) < 4.78 is 3.14. The summed E-state index contributed by atoms with van der Waals surface area (Å²) in [5.74, 6) is 0. The van der Waals surface area contributed by atoms with Crippen molar-refractivity contribution < 1.29 is 0 Å². The van der Waals surface area contributed by atoms with Crippen molar-refractivity contribution in [3.05, 3.63) is 51.8 Å². The number of hydrogen-bond acceptors (Lipinski definition) is 2. The fourth-order valence-electron chi connectivity index (χ4n) is 2.76. The fraction of sp³-hybridized carbons (Fsp3) is 0.400. The normalized spacial score (nSPS) is 18.3. The van der Waals surface area contributed by atoms with E-state index in [0.717, 1.165) is 17.4 Å². The Kier molecular flexibility index (Phi) is 3.71. The van der Waals surface area contributed by atoms with Gasteiger partial charge in [-0.1, -0.05) is 28.1 Å². The molecule has 1 aromatic carbocycles. The van der Waals surface area contributed by atoms with Crippen molar-refractivity contribution in [3.8, 4) is 0 Å². The Morgan fingerprint density at radius 1 is 1.37 bits per heavy atom. The van der Waals surface area contributed by atoms with Crippen LogP contribution in [0.5, 0.6) is 0 Å². The van der Waals surface area contributed by atoms with E-state index < -0.39 is 0 Å². The molecule has 1 atom stereocenters. The molecule has 100 valence electrons. The molecule has 0 saturated heterocycles. The van der Waals surface area contributed by atoms with Gasteiger partial charge in [-0.05, 0) is 37.0 Å². The minimum absolute atomic E-state index is 0.445. The maximum absolute atomic E-state index is 4.39. The van der Waals surface area contributed by atoms with E-state index in [1.807, 2.05) is 17.9 Å². The van der Waals surface area contributed by atoms with Gasteiger partial charge in [-0.2, -0.15) is 5.10 Å². The van der Waals surface area contributed by atoms with Crippen molar-refractivity contribution in [2.75, 3.05) is 0 Å². The second-order valence-corrected chi connectivity index (χ2v) is 6.04. The molecule has 1 N–H and O–H groups in total. The number of fused-ring (bicyclic) bond motifs is 1. The van der Waals surface area contributed by atoms with Gasteiger partial charge in [0.1, 0.15) is 0 Å². The first-order valence-electron chi connectivity index (χ1n) is 6.72. The summed E-state index contributed by atoms with van der Waals surface area (Å²) >= 11 is 3.47. The average Bonchev–Trinajstić information content (AvgIpc) is 2.81. The molecule has 1 unspecified atom stereocenters. The lowest BCUT2D eigenvalue weighted by Crippen LogP contribution is -2.24. The van der Waals surface area contributed by atoms with Crippen molar-refractivity contribution in [3.63, 3.8) is 0 Å². The highest BCUT2D eigenvalue weighted by atomic mass is 79.9. The summed E-state index contributed by atoms with van der Waals surface area (Å²) in [5.41, 5.74) is 4.09. The highest BCUT2D eigenvalue weighted by Gasteiger charge is 2.22. The average molecular weight is 320 g/mol. The van der Waals surface area contributed by atoms with E-state index >= 15 is 0 Å². The van der Waals surface area contributed by atoms with Gasteiger partial charge in [0.15, 0.2) is 0 Å². The molecule has 4 heteroatoms. The van der Waals surface area contributed by atoms with Crippen LogP contribution in [0, 0.1) is 0 Å². The highest BCUT2D eigenvalue weighted by molar-refractivity contribution is 9.10. The molecule has 1 aliphatic carbocycles. The first-order valence-corrected chi connectivity index (χ1v) is 7.52. The third-order valence-electron chi connectivity index (χ3n) is 3.84. The summed E-state index contributed by atoms with van der Waals surface area (Å²) in [5, 5.41) is 8.04. The lowest BCUT2D eigenvalue weighted by molar-refractivity contribution is 0.452. The summed E-state index contributed by atoms with van der Waals surface area (Å²) in [6.45, 7) is 0.909. The Balaban J connectivity index is 1.69. The zero-order valence-corrected chi connectivity index (χ0v) is 12.7. The van der Waals surface area contributed by atoms with Gasteiger partial charge in [0.05, 0.1) is 6.20 Å². The van der Waals surface area contributed by atoms with Gasteiger partial charge >= 0.3 is 0 Å². The van der Waals surface area contributed by atoms with Gasteiger partial charge < -0.3 is 5.32 Å². The Morgan fingerprint density at radius 2 is 2.16 bits per heavy atom. The predicted octanol–water partition coefficient (Wildman–Crippen LogP) is 3.35. The quantitative estimate of drug-likeness (QED) is 0.940. The molecule has 19 heavy (non-hydrogen) atoms. The first kappa shape index (κ1) is 12.9. The molecule has 0 aliphatic heterocycles. The molecular formula is C15H18BrN3. The Labute approximate surface area is 122 Å². The zero-order chi connectivity index (χ0) is 13.2. The van der Waals surface area contributed by atoms with E-state index in [1.54, 1.807) is 0 Å². The smallest absolute Gasteiger partial charge is 0.0540 e. The largest absolute Gasteiger partial charge is 0.306 e. The van der Waals surface area contributed by atoms with Crippen LogP contribution in [0.15, 0.2) is 34.9 Å². The number of aryl methyl sites for hydroxylation is 1. The lowest BCUT2D eigenvalue weighted by atomic mass is 9.93. The molecule has 3 nitrogen and oxygen atoms in total. The highest BCUT2D eigenvalue weighted by Crippen LogP contribution is 2.29. The molecule has 0 bridgehead atoms. The molecule has 0 fully saturated rings. The summed E-state index contributed by atoms with van der Waals surface area (Å²) in [6, 6.07) is 8.94. The van der Waals surface area contributed by atoms with Crippen LogP contribution in [-0.2, 0) is 20.0 Å². The number of hydrogen-bond donors (Lipinski definition) is 1. The Bertz CT molecular complexity index is 559. The van der Waals surface area contributed by atoms with Crippen LogP contribution >= 0.6 is 15.9 Å². The minimum Gasteiger partial charge on any atom is -0.306 e. The SMILES string of the molecule is Cn1ncc2c1CCCC2NCc1ccc(Br)cc1. The zero-order valence-electron chi connectivity index (χ0n) is 11.1. The standard InChI is InChI=1S/C15H18BrN3/c1-19-15-4-2-3-14(13(15)10-18-19)17-9-11-5-7-12(16)8-6-11/h5-8,10,14,17H,2-4,9H2,1H3. The van der Waals surface area contributed by atoms with Crippen LogP contribution in [0.3, 0.4) is 0 Å². The van der Waals surface area contributed by atoms with Crippen LogP contribution in [0.4, 0.5) is 0 Å². The maximum atomic E-state index is 4.39. The van der Waals surface area contributed by atoms with E-state index in [9.17, 15) is 0 Å². The molecule has 1 aromatic heterocycles. The van der Waals surface area contributed by atoms with Crippen LogP contribution in [0.25, 0.3) is 0 Å². The third-order valence-corrected chi connectivity index (χ3v) is 4.37. The number of halogens is 1. The first-order chi connectivity index (χ1) is 9.24. The molecule has 0 amide bonds. The molecule has 3 rings (SSSR count). The van der Waals surface area contributed by atoms with Crippen LogP contribution in [-0.4, -0.2) is 9.78 Å². The van der Waals surface area contributed by atoms with Crippen LogP contribution < -0.4 is 5.32 Å². The summed E-state index contributed by atoms with van der Waals surface area (Å²) in [4.78, 5) is 0. The molecule has 0 spiro atoms. The van der Waals surface area contributed by atoms with Gasteiger partial charge in [-0.3, -0.25) is 4.68 Å². The van der Waals surface area contributed by atoms with Crippen molar-refractivity contribution in [1.29, 1.82) is 0 Å². The van der Waals surface area contributed by atoms with Crippen molar-refractivity contribution >= 4 is 15.9 Å². The molecular weight excluding hydrogens is 302 g/mol. The van der Waals surface area contributed by atoms with Gasteiger partial charge in [-0.25, -0.2) is 0 Å². The predicted molar refractivity (Wildman–Crippen MR) is 79.9 cm³/mol. The van der Waals surface area contributed by atoms with E-state index in [1.165, 1.54) is 29.7 Å². The van der Waals surface area contributed by atoms with Crippen LogP contribution in [0.1, 0.15) is 35.7 Å².